The van der Waals surface area contributed by atoms with Crippen molar-refractivity contribution in [2.24, 2.45) is 0 Å². The van der Waals surface area contributed by atoms with E-state index >= 15 is 0 Å². The van der Waals surface area contributed by atoms with Crippen molar-refractivity contribution in [2.45, 2.75) is 46.1 Å². The summed E-state index contributed by atoms with van der Waals surface area (Å²) in [6, 6.07) is 7.87. The maximum Gasteiger partial charge on any atom is 0.337 e. The molecule has 1 aromatic carbocycles. The van der Waals surface area contributed by atoms with Crippen molar-refractivity contribution in [3.05, 3.63) is 57.0 Å². The van der Waals surface area contributed by atoms with E-state index in [2.05, 4.69) is 4.98 Å². The van der Waals surface area contributed by atoms with Gasteiger partial charge in [-0.05, 0) is 37.8 Å². The van der Waals surface area contributed by atoms with Gasteiger partial charge in [0.15, 0.2) is 0 Å². The predicted molar refractivity (Wildman–Crippen MR) is 111 cm³/mol. The van der Waals surface area contributed by atoms with Crippen LogP contribution in [0.15, 0.2) is 34.4 Å². The topological polar surface area (TPSA) is 81.4 Å². The minimum absolute atomic E-state index is 0.0391. The van der Waals surface area contributed by atoms with Crippen molar-refractivity contribution in [1.82, 2.24) is 9.55 Å². The number of aromatic carboxylic acids is 1. The van der Waals surface area contributed by atoms with Gasteiger partial charge in [0.2, 0.25) is 0 Å². The van der Waals surface area contributed by atoms with Crippen LogP contribution in [0.25, 0.3) is 10.2 Å². The average Bonchev–Trinajstić information content (AvgIpc) is 3.09. The molecule has 0 saturated carbocycles. The second-order valence-corrected chi connectivity index (χ2v) is 7.55. The fraction of sp³-hybridized carbons (Fsp3) is 0.381. The summed E-state index contributed by atoms with van der Waals surface area (Å²) in [4.78, 5) is 29.5. The molecule has 0 amide bonds. The van der Waals surface area contributed by atoms with Crippen molar-refractivity contribution in [2.75, 3.05) is 6.61 Å². The highest BCUT2D eigenvalue weighted by atomic mass is 32.1. The van der Waals surface area contributed by atoms with E-state index in [-0.39, 0.29) is 16.5 Å². The SMILES string of the molecule is CCCc1nc2scc(C(=O)O)c2c(=O)n1CCCCOc1ccccc1C. The molecule has 0 atom stereocenters. The lowest BCUT2D eigenvalue weighted by atomic mass is 10.2. The lowest BCUT2D eigenvalue weighted by molar-refractivity contribution is 0.0699. The number of carboxylic acids is 1. The Hall–Kier alpha value is -2.67. The van der Waals surface area contributed by atoms with E-state index in [0.717, 1.165) is 36.4 Å². The van der Waals surface area contributed by atoms with Gasteiger partial charge in [-0.2, -0.15) is 0 Å². The number of hydrogen-bond acceptors (Lipinski definition) is 5. The van der Waals surface area contributed by atoms with Gasteiger partial charge in [0, 0.05) is 18.3 Å². The van der Waals surface area contributed by atoms with Gasteiger partial charge in [0.1, 0.15) is 16.4 Å². The zero-order chi connectivity index (χ0) is 20.1. The molecule has 0 saturated heterocycles. The summed E-state index contributed by atoms with van der Waals surface area (Å²) in [5.74, 6) is 0.504. The number of aromatic nitrogens is 2. The van der Waals surface area contributed by atoms with Gasteiger partial charge in [0.25, 0.3) is 5.56 Å². The number of rotatable bonds is 9. The molecular formula is C21H24N2O4S. The Balaban J connectivity index is 1.74. The quantitative estimate of drug-likeness (QED) is 0.542. The molecule has 0 fully saturated rings. The molecule has 3 aromatic rings. The molecule has 28 heavy (non-hydrogen) atoms. The summed E-state index contributed by atoms with van der Waals surface area (Å²) >= 11 is 1.21. The largest absolute Gasteiger partial charge is 0.493 e. The Morgan fingerprint density at radius 3 is 2.79 bits per heavy atom. The number of carboxylic acid groups (broad SMARTS) is 1. The molecular weight excluding hydrogens is 376 g/mol. The third-order valence-electron chi connectivity index (χ3n) is 4.60. The monoisotopic (exact) mass is 400 g/mol. The van der Waals surface area contributed by atoms with E-state index in [1.54, 1.807) is 4.57 Å². The lowest BCUT2D eigenvalue weighted by Crippen LogP contribution is -2.26. The molecule has 0 aliphatic rings. The van der Waals surface area contributed by atoms with Gasteiger partial charge in [0.05, 0.1) is 17.6 Å². The van der Waals surface area contributed by atoms with E-state index in [1.165, 1.54) is 16.7 Å². The molecule has 3 rings (SSSR count). The maximum atomic E-state index is 13.0. The highest BCUT2D eigenvalue weighted by Crippen LogP contribution is 2.22. The van der Waals surface area contributed by atoms with Gasteiger partial charge in [-0.1, -0.05) is 25.1 Å². The minimum Gasteiger partial charge on any atom is -0.493 e. The Kier molecular flexibility index (Phi) is 6.46. The molecule has 2 aromatic heterocycles. The fourth-order valence-electron chi connectivity index (χ4n) is 3.14. The molecule has 0 radical (unpaired) electrons. The second kappa shape index (κ2) is 9.01. The van der Waals surface area contributed by atoms with E-state index in [4.69, 9.17) is 4.74 Å². The van der Waals surface area contributed by atoms with Crippen LogP contribution in [0.1, 0.15) is 47.9 Å². The molecule has 0 aliphatic carbocycles. The summed E-state index contributed by atoms with van der Waals surface area (Å²) in [5.41, 5.74) is 0.876. The third-order valence-corrected chi connectivity index (χ3v) is 5.48. The smallest absolute Gasteiger partial charge is 0.337 e. The number of para-hydroxylation sites is 1. The standard InChI is InChI=1S/C21H24N2O4S/c1-3-8-17-22-19-18(15(13-28-19)21(25)26)20(24)23(17)11-6-7-12-27-16-10-5-4-9-14(16)2/h4-5,9-10,13H,3,6-8,11-12H2,1-2H3,(H,25,26). The van der Waals surface area contributed by atoms with Crippen molar-refractivity contribution in [3.63, 3.8) is 0 Å². The summed E-state index contributed by atoms with van der Waals surface area (Å²) in [7, 11) is 0. The van der Waals surface area contributed by atoms with Crippen LogP contribution >= 0.6 is 11.3 Å². The van der Waals surface area contributed by atoms with Crippen molar-refractivity contribution >= 4 is 27.5 Å². The second-order valence-electron chi connectivity index (χ2n) is 6.69. The van der Waals surface area contributed by atoms with E-state index in [9.17, 15) is 14.7 Å². The Bertz CT molecular complexity index is 1040. The average molecular weight is 401 g/mol. The van der Waals surface area contributed by atoms with Crippen molar-refractivity contribution < 1.29 is 14.6 Å². The summed E-state index contributed by atoms with van der Waals surface area (Å²) < 4.78 is 7.45. The van der Waals surface area contributed by atoms with Crippen LogP contribution in [0, 0.1) is 6.92 Å². The van der Waals surface area contributed by atoms with Gasteiger partial charge >= 0.3 is 5.97 Å². The molecule has 7 heteroatoms. The molecule has 0 bridgehead atoms. The van der Waals surface area contributed by atoms with Crippen LogP contribution in [0.4, 0.5) is 0 Å². The first kappa shape index (κ1) is 20.1. The summed E-state index contributed by atoms with van der Waals surface area (Å²) in [5, 5.41) is 11.1. The van der Waals surface area contributed by atoms with Crippen molar-refractivity contribution in [3.8, 4) is 5.75 Å². The van der Waals surface area contributed by atoms with Gasteiger partial charge in [-0.25, -0.2) is 9.78 Å². The lowest BCUT2D eigenvalue weighted by Gasteiger charge is -2.13. The number of hydrogen-bond donors (Lipinski definition) is 1. The number of aryl methyl sites for hydroxylation is 2. The van der Waals surface area contributed by atoms with Crippen molar-refractivity contribution in [1.29, 1.82) is 0 Å². The number of carbonyl (C=O) groups is 1. The fourth-order valence-corrected chi connectivity index (χ4v) is 4.06. The van der Waals surface area contributed by atoms with Crippen LogP contribution in [0.3, 0.4) is 0 Å². The molecule has 0 unspecified atom stereocenters. The Morgan fingerprint density at radius 2 is 2.07 bits per heavy atom. The molecule has 2 heterocycles. The van der Waals surface area contributed by atoms with Crippen LogP contribution in [-0.2, 0) is 13.0 Å². The zero-order valence-electron chi connectivity index (χ0n) is 16.1. The van der Waals surface area contributed by atoms with E-state index in [0.29, 0.717) is 24.4 Å². The summed E-state index contributed by atoms with van der Waals surface area (Å²) in [6.45, 7) is 5.11. The van der Waals surface area contributed by atoms with E-state index in [1.807, 2.05) is 38.1 Å². The predicted octanol–water partition coefficient (Wildman–Crippen LogP) is 4.28. The van der Waals surface area contributed by atoms with Crippen LogP contribution in [0.2, 0.25) is 0 Å². The van der Waals surface area contributed by atoms with Gasteiger partial charge in [-0.15, -0.1) is 11.3 Å². The molecule has 0 aliphatic heterocycles. The number of unbranched alkanes of at least 4 members (excludes halogenated alkanes) is 1. The first-order valence-electron chi connectivity index (χ1n) is 9.45. The Labute approximate surface area is 167 Å². The van der Waals surface area contributed by atoms with Gasteiger partial charge in [-0.3, -0.25) is 9.36 Å². The minimum atomic E-state index is -1.09. The van der Waals surface area contributed by atoms with Crippen LogP contribution in [-0.4, -0.2) is 27.2 Å². The van der Waals surface area contributed by atoms with Crippen LogP contribution < -0.4 is 10.3 Å². The molecule has 148 valence electrons. The van der Waals surface area contributed by atoms with Gasteiger partial charge < -0.3 is 9.84 Å². The Morgan fingerprint density at radius 1 is 1.29 bits per heavy atom. The number of benzene rings is 1. The normalized spacial score (nSPS) is 11.1. The number of nitrogens with zero attached hydrogens (tertiary/aromatic N) is 2. The highest BCUT2D eigenvalue weighted by Gasteiger charge is 2.19. The number of thiophene rings is 1. The highest BCUT2D eigenvalue weighted by molar-refractivity contribution is 7.17. The third kappa shape index (κ3) is 4.25. The number of fused-ring (bicyclic) bond motifs is 1. The molecule has 0 spiro atoms. The molecule has 6 nitrogen and oxygen atoms in total. The zero-order valence-corrected chi connectivity index (χ0v) is 16.9. The first-order chi connectivity index (χ1) is 13.5. The van der Waals surface area contributed by atoms with E-state index < -0.39 is 5.97 Å². The summed E-state index contributed by atoms with van der Waals surface area (Å²) in [6.07, 6.45) is 3.10. The first-order valence-corrected chi connectivity index (χ1v) is 10.3. The number of ether oxygens (including phenoxy) is 1. The maximum absolute atomic E-state index is 13.0. The molecule has 1 N–H and O–H groups in total. The van der Waals surface area contributed by atoms with Crippen LogP contribution in [0.5, 0.6) is 5.75 Å².